The van der Waals surface area contributed by atoms with Gasteiger partial charge in [0.1, 0.15) is 0 Å². The van der Waals surface area contributed by atoms with E-state index in [-0.39, 0.29) is 6.04 Å². The van der Waals surface area contributed by atoms with Crippen LogP contribution in [0.4, 0.5) is 0 Å². The summed E-state index contributed by atoms with van der Waals surface area (Å²) in [6.45, 7) is 2.02. The minimum absolute atomic E-state index is 0.238. The molecule has 0 bridgehead atoms. The molecule has 0 aromatic heterocycles. The number of hydrogen-bond donors (Lipinski definition) is 0. The number of benzene rings is 2. The molecule has 1 unspecified atom stereocenters. The third-order valence-electron chi connectivity index (χ3n) is 3.04. The first kappa shape index (κ1) is 13.5. The third kappa shape index (κ3) is 3.54. The fourth-order valence-electron chi connectivity index (χ4n) is 1.96. The number of carbonyl (C=O) groups excluding carboxylic acids is 1. The average Bonchev–Trinajstić information content (AvgIpc) is 2.42. The van der Waals surface area contributed by atoms with Crippen molar-refractivity contribution in [2.24, 2.45) is 4.99 Å². The van der Waals surface area contributed by atoms with E-state index >= 15 is 0 Å². The van der Waals surface area contributed by atoms with Crippen molar-refractivity contribution in [1.29, 1.82) is 0 Å². The van der Waals surface area contributed by atoms with E-state index in [2.05, 4.69) is 4.99 Å². The van der Waals surface area contributed by atoms with Crippen molar-refractivity contribution in [1.82, 2.24) is 0 Å². The molecular weight excluding hydrogens is 258 g/mol. The van der Waals surface area contributed by atoms with Gasteiger partial charge in [-0.2, -0.15) is 4.99 Å². The minimum Gasteiger partial charge on any atom is -0.211 e. The van der Waals surface area contributed by atoms with Crippen molar-refractivity contribution in [2.75, 3.05) is 0 Å². The van der Waals surface area contributed by atoms with Gasteiger partial charge in [0.05, 0.1) is 6.04 Å². The van der Waals surface area contributed by atoms with Gasteiger partial charge in [-0.3, -0.25) is 0 Å². The van der Waals surface area contributed by atoms with Crippen LogP contribution in [0, 0.1) is 6.92 Å². The molecule has 2 nitrogen and oxygen atoms in total. The monoisotopic (exact) mass is 271 g/mol. The number of isocyanates is 1. The van der Waals surface area contributed by atoms with Gasteiger partial charge in [0.25, 0.3) is 0 Å². The minimum atomic E-state index is -0.238. The molecule has 0 spiro atoms. The Labute approximate surface area is 117 Å². The number of aryl methyl sites for hydroxylation is 1. The van der Waals surface area contributed by atoms with Gasteiger partial charge in [-0.1, -0.05) is 59.6 Å². The first-order valence-electron chi connectivity index (χ1n) is 6.07. The van der Waals surface area contributed by atoms with E-state index < -0.39 is 0 Å². The first-order chi connectivity index (χ1) is 9.20. The normalized spacial score (nSPS) is 11.7. The van der Waals surface area contributed by atoms with E-state index in [0.717, 1.165) is 11.1 Å². The van der Waals surface area contributed by atoms with Crippen molar-refractivity contribution in [2.45, 2.75) is 19.4 Å². The second kappa shape index (κ2) is 6.33. The highest BCUT2D eigenvalue weighted by molar-refractivity contribution is 6.31. The van der Waals surface area contributed by atoms with Gasteiger partial charge in [0, 0.05) is 11.4 Å². The van der Waals surface area contributed by atoms with Crippen molar-refractivity contribution in [3.63, 3.8) is 0 Å². The fourth-order valence-corrected chi connectivity index (χ4v) is 2.18. The van der Waals surface area contributed by atoms with Crippen LogP contribution in [-0.4, -0.2) is 6.08 Å². The summed E-state index contributed by atoms with van der Waals surface area (Å²) in [7, 11) is 0. The average molecular weight is 272 g/mol. The zero-order chi connectivity index (χ0) is 13.7. The lowest BCUT2D eigenvalue weighted by Crippen LogP contribution is -2.01. The van der Waals surface area contributed by atoms with E-state index in [1.165, 1.54) is 5.56 Å². The fraction of sp³-hybridized carbons (Fsp3) is 0.188. The van der Waals surface area contributed by atoms with Crippen molar-refractivity contribution in [3.8, 4) is 0 Å². The molecule has 3 heteroatoms. The van der Waals surface area contributed by atoms with Crippen LogP contribution in [0.15, 0.2) is 53.5 Å². The summed E-state index contributed by atoms with van der Waals surface area (Å²) in [6, 6.07) is 15.4. The maximum absolute atomic E-state index is 10.6. The van der Waals surface area contributed by atoms with Crippen LogP contribution in [-0.2, 0) is 11.2 Å². The van der Waals surface area contributed by atoms with Crippen LogP contribution < -0.4 is 0 Å². The summed E-state index contributed by atoms with van der Waals surface area (Å²) in [4.78, 5) is 14.5. The molecule has 2 aromatic carbocycles. The highest BCUT2D eigenvalue weighted by Crippen LogP contribution is 2.26. The van der Waals surface area contributed by atoms with Crippen LogP contribution in [0.3, 0.4) is 0 Å². The Morgan fingerprint density at radius 2 is 1.84 bits per heavy atom. The standard InChI is InChI=1S/C16H14ClNO/c1-12-6-8-13(9-7-12)16(18-11-19)10-14-4-2-3-5-15(14)17/h2-9,16H,10H2,1H3. The second-order valence-corrected chi connectivity index (χ2v) is 4.85. The Hall–Kier alpha value is -1.89. The maximum Gasteiger partial charge on any atom is 0.235 e. The predicted octanol–water partition coefficient (Wildman–Crippen LogP) is 4.27. The predicted molar refractivity (Wildman–Crippen MR) is 77.2 cm³/mol. The number of nitrogens with zero attached hydrogens (tertiary/aromatic N) is 1. The Morgan fingerprint density at radius 1 is 1.16 bits per heavy atom. The summed E-state index contributed by atoms with van der Waals surface area (Å²) in [5.74, 6) is 0. The molecule has 0 saturated heterocycles. The van der Waals surface area contributed by atoms with Gasteiger partial charge in [-0.05, 0) is 24.1 Å². The number of hydrogen-bond acceptors (Lipinski definition) is 2. The number of aliphatic imine (C=N–C) groups is 1. The lowest BCUT2D eigenvalue weighted by atomic mass is 9.98. The van der Waals surface area contributed by atoms with Crippen molar-refractivity contribution >= 4 is 17.7 Å². The van der Waals surface area contributed by atoms with Gasteiger partial charge < -0.3 is 0 Å². The Morgan fingerprint density at radius 3 is 2.47 bits per heavy atom. The smallest absolute Gasteiger partial charge is 0.211 e. The lowest BCUT2D eigenvalue weighted by Gasteiger charge is -2.12. The number of rotatable bonds is 4. The summed E-state index contributed by atoms with van der Waals surface area (Å²) < 4.78 is 0. The molecule has 0 saturated carbocycles. The molecule has 1 atom stereocenters. The second-order valence-electron chi connectivity index (χ2n) is 4.44. The molecular formula is C16H14ClNO. The van der Waals surface area contributed by atoms with Crippen LogP contribution in [0.5, 0.6) is 0 Å². The van der Waals surface area contributed by atoms with Crippen LogP contribution >= 0.6 is 11.6 Å². The zero-order valence-corrected chi connectivity index (χ0v) is 11.4. The summed E-state index contributed by atoms with van der Waals surface area (Å²) in [5.41, 5.74) is 3.15. The molecule has 0 aliphatic heterocycles. The van der Waals surface area contributed by atoms with Gasteiger partial charge in [-0.25, -0.2) is 4.79 Å². The highest BCUT2D eigenvalue weighted by atomic mass is 35.5. The Kier molecular flexibility index (Phi) is 4.51. The van der Waals surface area contributed by atoms with E-state index in [0.29, 0.717) is 11.4 Å². The van der Waals surface area contributed by atoms with Gasteiger partial charge >= 0.3 is 0 Å². The van der Waals surface area contributed by atoms with Crippen molar-refractivity contribution < 1.29 is 4.79 Å². The Bertz CT molecular complexity index is 600. The van der Waals surface area contributed by atoms with E-state index in [1.54, 1.807) is 6.08 Å². The zero-order valence-electron chi connectivity index (χ0n) is 10.6. The third-order valence-corrected chi connectivity index (χ3v) is 3.41. The molecule has 0 amide bonds. The molecule has 0 aliphatic carbocycles. The van der Waals surface area contributed by atoms with Gasteiger partial charge in [-0.15, -0.1) is 0 Å². The molecule has 96 valence electrons. The lowest BCUT2D eigenvalue weighted by molar-refractivity contribution is 0.557. The largest absolute Gasteiger partial charge is 0.235 e. The summed E-state index contributed by atoms with van der Waals surface area (Å²) in [6.07, 6.45) is 2.25. The van der Waals surface area contributed by atoms with E-state index in [1.807, 2.05) is 55.5 Å². The van der Waals surface area contributed by atoms with Gasteiger partial charge in [0.15, 0.2) is 0 Å². The summed E-state index contributed by atoms with van der Waals surface area (Å²) >= 11 is 6.14. The van der Waals surface area contributed by atoms with E-state index in [4.69, 9.17) is 11.6 Å². The van der Waals surface area contributed by atoms with Gasteiger partial charge in [0.2, 0.25) is 6.08 Å². The molecule has 2 aromatic rings. The molecule has 0 aliphatic rings. The SMILES string of the molecule is Cc1ccc(C(Cc2ccccc2Cl)N=C=O)cc1. The highest BCUT2D eigenvalue weighted by Gasteiger charge is 2.12. The summed E-state index contributed by atoms with van der Waals surface area (Å²) in [5, 5.41) is 0.695. The molecule has 0 heterocycles. The molecule has 0 radical (unpaired) electrons. The Balaban J connectivity index is 2.29. The topological polar surface area (TPSA) is 29.4 Å². The molecule has 19 heavy (non-hydrogen) atoms. The van der Waals surface area contributed by atoms with Crippen LogP contribution in [0.1, 0.15) is 22.7 Å². The van der Waals surface area contributed by atoms with Crippen LogP contribution in [0.25, 0.3) is 0 Å². The molecule has 0 fully saturated rings. The number of halogens is 1. The molecule has 2 rings (SSSR count). The quantitative estimate of drug-likeness (QED) is 0.603. The molecule has 0 N–H and O–H groups in total. The van der Waals surface area contributed by atoms with Crippen molar-refractivity contribution in [3.05, 3.63) is 70.2 Å². The van der Waals surface area contributed by atoms with E-state index in [9.17, 15) is 4.79 Å². The first-order valence-corrected chi connectivity index (χ1v) is 6.45. The maximum atomic E-state index is 10.6. The van der Waals surface area contributed by atoms with Crippen LogP contribution in [0.2, 0.25) is 5.02 Å².